The first-order valence-electron chi connectivity index (χ1n) is 8.19. The van der Waals surface area contributed by atoms with E-state index in [1.54, 1.807) is 6.07 Å². The molecule has 2 aromatic rings. The Labute approximate surface area is 150 Å². The highest BCUT2D eigenvalue weighted by atomic mass is 79.9. The summed E-state index contributed by atoms with van der Waals surface area (Å²) in [6, 6.07) is 5.84. The fraction of sp³-hybridized carbons (Fsp3) is 0.368. The molecule has 4 nitrogen and oxygen atoms in total. The second kappa shape index (κ2) is 6.30. The molecule has 0 saturated carbocycles. The van der Waals surface area contributed by atoms with Crippen LogP contribution in [-0.2, 0) is 20.0 Å². The van der Waals surface area contributed by atoms with Crippen LogP contribution in [0.15, 0.2) is 22.7 Å². The number of nitrogens with one attached hydrogen (secondary N) is 1. The molecule has 5 heteroatoms. The summed E-state index contributed by atoms with van der Waals surface area (Å²) >= 11 is 3.48. The summed E-state index contributed by atoms with van der Waals surface area (Å²) in [5, 5.41) is 3.42. The molecule has 0 saturated heterocycles. The second-order valence-corrected chi connectivity index (χ2v) is 7.36. The van der Waals surface area contributed by atoms with E-state index in [1.165, 1.54) is 0 Å². The summed E-state index contributed by atoms with van der Waals surface area (Å²) in [7, 11) is 1.88. The Balaban J connectivity index is 2.29. The van der Waals surface area contributed by atoms with Crippen molar-refractivity contribution in [2.45, 2.75) is 39.8 Å². The number of carbonyl (C=O) groups excluding carboxylic acids is 2. The van der Waals surface area contributed by atoms with Gasteiger partial charge in [0.05, 0.1) is 0 Å². The number of hydrogen-bond acceptors (Lipinski definition) is 3. The maximum atomic E-state index is 12.7. The van der Waals surface area contributed by atoms with Gasteiger partial charge in [-0.2, -0.15) is 0 Å². The van der Waals surface area contributed by atoms with E-state index < -0.39 is 11.6 Å². The van der Waals surface area contributed by atoms with E-state index >= 15 is 0 Å². The summed E-state index contributed by atoms with van der Waals surface area (Å²) in [6.45, 7) is 6.95. The molecule has 1 aliphatic rings. The molecule has 24 heavy (non-hydrogen) atoms. The fourth-order valence-electron chi connectivity index (χ4n) is 3.41. The van der Waals surface area contributed by atoms with E-state index in [9.17, 15) is 9.59 Å². The Morgan fingerprint density at radius 3 is 2.50 bits per heavy atom. The first-order chi connectivity index (χ1) is 11.4. The van der Waals surface area contributed by atoms with Crippen LogP contribution in [0.5, 0.6) is 0 Å². The average Bonchev–Trinajstić information content (AvgIpc) is 2.82. The predicted octanol–water partition coefficient (Wildman–Crippen LogP) is 3.89. The van der Waals surface area contributed by atoms with E-state index in [-0.39, 0.29) is 0 Å². The SMILES string of the molecule is CCc1c2c(n(C)c1CNC(C)C)C(=O)C(=O)c1ccc(Br)cc1-2. The lowest BCUT2D eigenvalue weighted by Gasteiger charge is -2.17. The number of fused-ring (bicyclic) bond motifs is 3. The molecule has 0 fully saturated rings. The molecule has 0 aliphatic heterocycles. The van der Waals surface area contributed by atoms with Crippen molar-refractivity contribution in [1.82, 2.24) is 9.88 Å². The van der Waals surface area contributed by atoms with Crippen LogP contribution in [0.2, 0.25) is 0 Å². The molecule has 0 atom stereocenters. The van der Waals surface area contributed by atoms with E-state index in [4.69, 9.17) is 0 Å². The Kier molecular flexibility index (Phi) is 4.49. The summed E-state index contributed by atoms with van der Waals surface area (Å²) in [4.78, 5) is 25.2. The van der Waals surface area contributed by atoms with Gasteiger partial charge in [0.1, 0.15) is 5.69 Å². The molecule has 3 rings (SSSR count). The quantitative estimate of drug-likeness (QED) is 0.808. The van der Waals surface area contributed by atoms with E-state index in [1.807, 2.05) is 23.7 Å². The minimum absolute atomic E-state index is 0.348. The maximum Gasteiger partial charge on any atom is 0.250 e. The summed E-state index contributed by atoms with van der Waals surface area (Å²) in [5.41, 5.74) is 5.00. The van der Waals surface area contributed by atoms with Gasteiger partial charge in [0.2, 0.25) is 5.78 Å². The van der Waals surface area contributed by atoms with Gasteiger partial charge in [0.25, 0.3) is 5.78 Å². The molecule has 0 amide bonds. The highest BCUT2D eigenvalue weighted by Crippen LogP contribution is 2.40. The molecule has 0 spiro atoms. The van der Waals surface area contributed by atoms with Gasteiger partial charge in [-0.3, -0.25) is 9.59 Å². The Morgan fingerprint density at radius 2 is 1.88 bits per heavy atom. The van der Waals surface area contributed by atoms with Crippen LogP contribution in [0.1, 0.15) is 52.9 Å². The van der Waals surface area contributed by atoms with Crippen LogP contribution in [0.25, 0.3) is 11.1 Å². The highest BCUT2D eigenvalue weighted by molar-refractivity contribution is 9.10. The van der Waals surface area contributed by atoms with Crippen LogP contribution in [0, 0.1) is 0 Å². The summed E-state index contributed by atoms with van der Waals surface area (Å²) in [6.07, 6.45) is 0.811. The molecule has 126 valence electrons. The van der Waals surface area contributed by atoms with E-state index in [0.29, 0.717) is 23.8 Å². The Morgan fingerprint density at radius 1 is 1.17 bits per heavy atom. The number of Topliss-reactive ketones (excluding diaryl/α,β-unsaturated/α-hetero) is 2. The van der Waals surface area contributed by atoms with Gasteiger partial charge in [0, 0.05) is 40.9 Å². The van der Waals surface area contributed by atoms with Crippen LogP contribution in [0.4, 0.5) is 0 Å². The summed E-state index contributed by atoms with van der Waals surface area (Å²) in [5.74, 6) is -0.829. The third-order valence-corrected chi connectivity index (χ3v) is 5.07. The summed E-state index contributed by atoms with van der Waals surface area (Å²) < 4.78 is 2.80. The molecule has 0 unspecified atom stereocenters. The van der Waals surface area contributed by atoms with Crippen LogP contribution in [-0.4, -0.2) is 22.2 Å². The van der Waals surface area contributed by atoms with Gasteiger partial charge in [-0.15, -0.1) is 0 Å². The zero-order valence-electron chi connectivity index (χ0n) is 14.4. The monoisotopic (exact) mass is 388 g/mol. The van der Waals surface area contributed by atoms with Gasteiger partial charge < -0.3 is 9.88 Å². The van der Waals surface area contributed by atoms with E-state index in [2.05, 4.69) is 42.0 Å². The van der Waals surface area contributed by atoms with Crippen molar-refractivity contribution in [3.8, 4) is 11.1 Å². The number of halogens is 1. The number of carbonyl (C=O) groups is 2. The van der Waals surface area contributed by atoms with Crippen molar-refractivity contribution in [3.63, 3.8) is 0 Å². The largest absolute Gasteiger partial charge is 0.343 e. The van der Waals surface area contributed by atoms with Gasteiger partial charge in [-0.1, -0.05) is 36.7 Å². The highest BCUT2D eigenvalue weighted by Gasteiger charge is 2.36. The van der Waals surface area contributed by atoms with Crippen LogP contribution < -0.4 is 5.32 Å². The molecule has 1 aromatic carbocycles. The zero-order valence-corrected chi connectivity index (χ0v) is 16.0. The lowest BCUT2D eigenvalue weighted by atomic mass is 9.85. The minimum atomic E-state index is -0.420. The Bertz CT molecular complexity index is 850. The van der Waals surface area contributed by atoms with Crippen LogP contribution in [0.3, 0.4) is 0 Å². The number of hydrogen-bond donors (Lipinski definition) is 1. The second-order valence-electron chi connectivity index (χ2n) is 6.45. The molecular formula is C19H21BrN2O2. The molecule has 1 heterocycles. The van der Waals surface area contributed by atoms with Crippen molar-refractivity contribution >= 4 is 27.5 Å². The zero-order chi connectivity index (χ0) is 17.6. The predicted molar refractivity (Wildman–Crippen MR) is 98.6 cm³/mol. The molecule has 0 radical (unpaired) electrons. The van der Waals surface area contributed by atoms with E-state index in [0.717, 1.165) is 33.3 Å². The molecule has 1 aliphatic carbocycles. The topological polar surface area (TPSA) is 51.1 Å². The fourth-order valence-corrected chi connectivity index (χ4v) is 3.77. The number of ketones is 2. The van der Waals surface area contributed by atoms with Crippen LogP contribution >= 0.6 is 15.9 Å². The van der Waals surface area contributed by atoms with Gasteiger partial charge in [-0.25, -0.2) is 0 Å². The van der Waals surface area contributed by atoms with Crippen molar-refractivity contribution in [1.29, 1.82) is 0 Å². The number of rotatable bonds is 4. The van der Waals surface area contributed by atoms with Crippen molar-refractivity contribution < 1.29 is 9.59 Å². The third kappa shape index (κ3) is 2.56. The first kappa shape index (κ1) is 17.1. The van der Waals surface area contributed by atoms with Crippen molar-refractivity contribution in [2.24, 2.45) is 7.05 Å². The third-order valence-electron chi connectivity index (χ3n) is 4.58. The number of nitrogens with zero attached hydrogens (tertiary/aromatic N) is 1. The Hall–Kier alpha value is -1.72. The molecule has 1 N–H and O–H groups in total. The molecular weight excluding hydrogens is 368 g/mol. The molecule has 0 bridgehead atoms. The smallest absolute Gasteiger partial charge is 0.250 e. The lowest BCUT2D eigenvalue weighted by molar-refractivity contribution is 0.0810. The van der Waals surface area contributed by atoms with Crippen molar-refractivity contribution in [2.75, 3.05) is 0 Å². The first-order valence-corrected chi connectivity index (χ1v) is 8.98. The molecule has 1 aromatic heterocycles. The normalized spacial score (nSPS) is 13.4. The average molecular weight is 389 g/mol. The standard InChI is InChI=1S/C19H21BrN2O2/c1-5-12-15(9-21-10(2)3)22(4)17-16(12)14-8-11(20)6-7-13(14)18(23)19(17)24/h6-8,10,21H,5,9H2,1-4H3. The van der Waals surface area contributed by atoms with Gasteiger partial charge in [0.15, 0.2) is 0 Å². The minimum Gasteiger partial charge on any atom is -0.343 e. The van der Waals surface area contributed by atoms with Gasteiger partial charge >= 0.3 is 0 Å². The lowest BCUT2D eigenvalue weighted by Crippen LogP contribution is -2.25. The maximum absolute atomic E-state index is 12.7. The number of aromatic nitrogens is 1. The number of benzene rings is 1. The van der Waals surface area contributed by atoms with Gasteiger partial charge in [-0.05, 0) is 35.7 Å². The van der Waals surface area contributed by atoms with Crippen molar-refractivity contribution in [3.05, 3.63) is 45.2 Å².